The fraction of sp³-hybridized carbons (Fsp3) is 0.667. The van der Waals surface area contributed by atoms with Gasteiger partial charge in [-0.2, -0.15) is 0 Å². The van der Waals surface area contributed by atoms with E-state index in [-0.39, 0.29) is 5.54 Å². The van der Waals surface area contributed by atoms with Gasteiger partial charge in [0.25, 0.3) is 0 Å². The largest absolute Gasteiger partial charge is 0.355 e. The fourth-order valence-corrected chi connectivity index (χ4v) is 1.84. The Morgan fingerprint density at radius 2 is 1.94 bits per heavy atom. The van der Waals surface area contributed by atoms with E-state index in [1.807, 2.05) is 0 Å². The lowest BCUT2D eigenvalue weighted by Gasteiger charge is -2.36. The van der Waals surface area contributed by atoms with Crippen molar-refractivity contribution in [3.8, 4) is 0 Å². The van der Waals surface area contributed by atoms with Crippen LogP contribution in [0.2, 0.25) is 0 Å². The average molecular weight is 269 g/mol. The second-order valence-corrected chi connectivity index (χ2v) is 6.04. The Morgan fingerprint density at radius 1 is 1.33 bits per heavy atom. The van der Waals surface area contributed by atoms with Crippen molar-refractivity contribution in [2.45, 2.75) is 58.4 Å². The van der Waals surface area contributed by atoms with Crippen LogP contribution in [0.25, 0.3) is 0 Å². The minimum Gasteiger partial charge on any atom is -0.355 e. The number of rotatable bonds is 5. The van der Waals surface area contributed by atoms with Crippen LogP contribution in [0.1, 0.15) is 58.2 Å². The molecule has 102 valence electrons. The molecule has 0 radical (unpaired) electrons. The van der Waals surface area contributed by atoms with Crippen LogP contribution in [-0.4, -0.2) is 17.6 Å². The molecule has 0 N–H and O–H groups in total. The minimum atomic E-state index is 0.103. The molecule has 0 bridgehead atoms. The average Bonchev–Trinajstić information content (AvgIpc) is 2.36. The highest BCUT2D eigenvalue weighted by molar-refractivity contribution is 6.17. The zero-order valence-corrected chi connectivity index (χ0v) is 13.2. The summed E-state index contributed by atoms with van der Waals surface area (Å²) in [5.41, 5.74) is 2.36. The van der Waals surface area contributed by atoms with E-state index >= 15 is 0 Å². The molecule has 0 aliphatic carbocycles. The SMILES string of the molecule is CCC(C)(C)N(C)c1cc(CCl)cc(C(C)C)n1. The van der Waals surface area contributed by atoms with Gasteiger partial charge in [-0.05, 0) is 43.9 Å². The van der Waals surface area contributed by atoms with E-state index in [1.165, 1.54) is 0 Å². The van der Waals surface area contributed by atoms with E-state index in [0.717, 1.165) is 23.5 Å². The molecule has 1 aromatic heterocycles. The molecule has 0 saturated carbocycles. The summed E-state index contributed by atoms with van der Waals surface area (Å²) in [6, 6.07) is 4.20. The Bertz CT molecular complexity index is 399. The molecule has 18 heavy (non-hydrogen) atoms. The maximum Gasteiger partial charge on any atom is 0.129 e. The van der Waals surface area contributed by atoms with Gasteiger partial charge in [-0.15, -0.1) is 11.6 Å². The van der Waals surface area contributed by atoms with Gasteiger partial charge < -0.3 is 4.90 Å². The molecule has 0 aromatic carbocycles. The van der Waals surface area contributed by atoms with Crippen LogP contribution < -0.4 is 4.90 Å². The van der Waals surface area contributed by atoms with Gasteiger partial charge in [-0.3, -0.25) is 0 Å². The van der Waals surface area contributed by atoms with Crippen molar-refractivity contribution in [3.63, 3.8) is 0 Å². The summed E-state index contributed by atoms with van der Waals surface area (Å²) in [6.45, 7) is 11.0. The van der Waals surface area contributed by atoms with Gasteiger partial charge in [0.1, 0.15) is 5.82 Å². The summed E-state index contributed by atoms with van der Waals surface area (Å²) in [5, 5.41) is 0. The predicted octanol–water partition coefficient (Wildman–Crippen LogP) is 4.57. The van der Waals surface area contributed by atoms with Crippen LogP contribution in [0.15, 0.2) is 12.1 Å². The molecule has 1 heterocycles. The highest BCUT2D eigenvalue weighted by Crippen LogP contribution is 2.26. The van der Waals surface area contributed by atoms with Crippen LogP contribution in [0.4, 0.5) is 5.82 Å². The van der Waals surface area contributed by atoms with Gasteiger partial charge in [0, 0.05) is 24.2 Å². The third-order valence-corrected chi connectivity index (χ3v) is 4.06. The van der Waals surface area contributed by atoms with E-state index in [1.54, 1.807) is 0 Å². The molecule has 0 aliphatic rings. The smallest absolute Gasteiger partial charge is 0.129 e. The number of hydrogen-bond donors (Lipinski definition) is 0. The first-order valence-electron chi connectivity index (χ1n) is 6.62. The first-order chi connectivity index (χ1) is 8.31. The maximum atomic E-state index is 5.98. The normalized spacial score (nSPS) is 12.0. The van der Waals surface area contributed by atoms with E-state index in [4.69, 9.17) is 16.6 Å². The molecule has 1 aromatic rings. The van der Waals surface area contributed by atoms with E-state index in [2.05, 4.69) is 58.7 Å². The van der Waals surface area contributed by atoms with Crippen LogP contribution in [0, 0.1) is 0 Å². The Labute approximate surface area is 116 Å². The Balaban J connectivity index is 3.19. The molecule has 0 atom stereocenters. The van der Waals surface area contributed by atoms with Crippen molar-refractivity contribution in [3.05, 3.63) is 23.4 Å². The van der Waals surface area contributed by atoms with Gasteiger partial charge in [-0.1, -0.05) is 20.8 Å². The first kappa shape index (κ1) is 15.3. The number of halogens is 1. The van der Waals surface area contributed by atoms with E-state index < -0.39 is 0 Å². The number of alkyl halides is 1. The van der Waals surface area contributed by atoms with Crippen molar-refractivity contribution in [2.24, 2.45) is 0 Å². The van der Waals surface area contributed by atoms with Crippen LogP contribution in [-0.2, 0) is 5.88 Å². The van der Waals surface area contributed by atoms with Crippen molar-refractivity contribution >= 4 is 17.4 Å². The second-order valence-electron chi connectivity index (χ2n) is 5.77. The summed E-state index contributed by atoms with van der Waals surface area (Å²) < 4.78 is 0. The van der Waals surface area contributed by atoms with Crippen LogP contribution in [0.3, 0.4) is 0 Å². The van der Waals surface area contributed by atoms with E-state index in [9.17, 15) is 0 Å². The van der Waals surface area contributed by atoms with Crippen molar-refractivity contribution in [1.82, 2.24) is 4.98 Å². The summed E-state index contributed by atoms with van der Waals surface area (Å²) >= 11 is 5.98. The molecule has 0 unspecified atom stereocenters. The van der Waals surface area contributed by atoms with Gasteiger partial charge in [0.15, 0.2) is 0 Å². The molecule has 3 heteroatoms. The minimum absolute atomic E-state index is 0.103. The monoisotopic (exact) mass is 268 g/mol. The standard InChI is InChI=1S/C15H25ClN2/c1-7-15(4,5)18(6)14-9-12(10-16)8-13(17-14)11(2)3/h8-9,11H,7,10H2,1-6H3. The summed E-state index contributed by atoms with van der Waals surface area (Å²) in [6.07, 6.45) is 1.08. The molecule has 2 nitrogen and oxygen atoms in total. The van der Waals surface area contributed by atoms with Gasteiger partial charge in [0.05, 0.1) is 0 Å². The lowest BCUT2D eigenvalue weighted by atomic mass is 9.99. The number of hydrogen-bond acceptors (Lipinski definition) is 2. The summed E-state index contributed by atoms with van der Waals surface area (Å²) in [5.74, 6) is 1.98. The lowest BCUT2D eigenvalue weighted by molar-refractivity contribution is 0.466. The molecule has 0 saturated heterocycles. The van der Waals surface area contributed by atoms with Crippen molar-refractivity contribution in [1.29, 1.82) is 0 Å². The Kier molecular flexibility index (Phi) is 5.03. The number of pyridine rings is 1. The summed E-state index contributed by atoms with van der Waals surface area (Å²) in [4.78, 5) is 7.01. The van der Waals surface area contributed by atoms with Gasteiger partial charge in [-0.25, -0.2) is 4.98 Å². The maximum absolute atomic E-state index is 5.98. The Hall–Kier alpha value is -0.760. The van der Waals surface area contributed by atoms with Crippen LogP contribution in [0.5, 0.6) is 0 Å². The van der Waals surface area contributed by atoms with Crippen LogP contribution >= 0.6 is 11.6 Å². The molecule has 0 spiro atoms. The highest BCUT2D eigenvalue weighted by atomic mass is 35.5. The van der Waals surface area contributed by atoms with E-state index in [0.29, 0.717) is 11.8 Å². The molecular weight excluding hydrogens is 244 g/mol. The predicted molar refractivity (Wildman–Crippen MR) is 80.7 cm³/mol. The third-order valence-electron chi connectivity index (χ3n) is 3.75. The number of nitrogens with zero attached hydrogens (tertiary/aromatic N) is 2. The third kappa shape index (κ3) is 3.38. The zero-order valence-electron chi connectivity index (χ0n) is 12.4. The molecule has 0 amide bonds. The molecule has 1 rings (SSSR count). The fourth-order valence-electron chi connectivity index (χ4n) is 1.69. The molecular formula is C15H25ClN2. The number of aromatic nitrogens is 1. The second kappa shape index (κ2) is 5.92. The van der Waals surface area contributed by atoms with Crippen molar-refractivity contribution < 1.29 is 0 Å². The molecule has 0 aliphatic heterocycles. The quantitative estimate of drug-likeness (QED) is 0.728. The lowest BCUT2D eigenvalue weighted by Crippen LogP contribution is -2.41. The number of anilines is 1. The highest BCUT2D eigenvalue weighted by Gasteiger charge is 2.23. The summed E-state index contributed by atoms with van der Waals surface area (Å²) in [7, 11) is 2.11. The Morgan fingerprint density at radius 3 is 2.39 bits per heavy atom. The topological polar surface area (TPSA) is 16.1 Å². The molecule has 0 fully saturated rings. The first-order valence-corrected chi connectivity index (χ1v) is 7.16. The van der Waals surface area contributed by atoms with Gasteiger partial charge in [0.2, 0.25) is 0 Å². The van der Waals surface area contributed by atoms with Gasteiger partial charge >= 0.3 is 0 Å². The zero-order chi connectivity index (χ0) is 13.9. The van der Waals surface area contributed by atoms with Crippen molar-refractivity contribution in [2.75, 3.05) is 11.9 Å².